The summed E-state index contributed by atoms with van der Waals surface area (Å²) >= 11 is 1.33. The predicted octanol–water partition coefficient (Wildman–Crippen LogP) is 2.56. The summed E-state index contributed by atoms with van der Waals surface area (Å²) in [5, 5.41) is 14.1. The Labute approximate surface area is 160 Å². The lowest BCUT2D eigenvalue weighted by Crippen LogP contribution is -2.40. The van der Waals surface area contributed by atoms with Crippen LogP contribution in [0.4, 0.5) is 5.69 Å². The first kappa shape index (κ1) is 19.1. The Morgan fingerprint density at radius 1 is 1.30 bits per heavy atom. The average Bonchev–Trinajstić information content (AvgIpc) is 3.32. The SMILES string of the molecule is COCC1(C(=O)O)CCN(C(=O)c2cccc(NC(=O)c3cccs3)c2)C1. The zero-order valence-corrected chi connectivity index (χ0v) is 15.6. The Morgan fingerprint density at radius 2 is 2.11 bits per heavy atom. The van der Waals surface area contributed by atoms with Gasteiger partial charge in [0.25, 0.3) is 11.8 Å². The maximum atomic E-state index is 12.8. The van der Waals surface area contributed by atoms with E-state index in [0.29, 0.717) is 29.1 Å². The van der Waals surface area contributed by atoms with Crippen molar-refractivity contribution in [2.24, 2.45) is 5.41 Å². The number of ether oxygens (including phenoxy) is 1. The second kappa shape index (κ2) is 7.89. The summed E-state index contributed by atoms with van der Waals surface area (Å²) in [5.74, 6) is -1.46. The number of thiophene rings is 1. The van der Waals surface area contributed by atoms with Crippen LogP contribution in [0.5, 0.6) is 0 Å². The smallest absolute Gasteiger partial charge is 0.313 e. The number of nitrogens with zero attached hydrogens (tertiary/aromatic N) is 1. The lowest BCUT2D eigenvalue weighted by Gasteiger charge is -2.24. The number of carbonyl (C=O) groups is 3. The first-order chi connectivity index (χ1) is 12.9. The Bertz CT molecular complexity index is 852. The molecular formula is C19H20N2O5S. The second-order valence-corrected chi connectivity index (χ2v) is 7.46. The van der Waals surface area contributed by atoms with Crippen molar-refractivity contribution in [1.82, 2.24) is 4.90 Å². The summed E-state index contributed by atoms with van der Waals surface area (Å²) in [5.41, 5.74) is -0.160. The lowest BCUT2D eigenvalue weighted by molar-refractivity contribution is -0.151. The summed E-state index contributed by atoms with van der Waals surface area (Å²) in [7, 11) is 1.45. The van der Waals surface area contributed by atoms with Gasteiger partial charge in [0.1, 0.15) is 5.41 Å². The number of nitrogens with one attached hydrogen (secondary N) is 1. The van der Waals surface area contributed by atoms with E-state index < -0.39 is 11.4 Å². The Balaban J connectivity index is 1.72. The van der Waals surface area contributed by atoms with E-state index in [1.54, 1.807) is 36.4 Å². The minimum atomic E-state index is -1.07. The zero-order chi connectivity index (χ0) is 19.4. The van der Waals surface area contributed by atoms with E-state index in [-0.39, 0.29) is 25.0 Å². The van der Waals surface area contributed by atoms with Crippen LogP contribution in [0, 0.1) is 5.41 Å². The van der Waals surface area contributed by atoms with Crippen LogP contribution in [0.1, 0.15) is 26.5 Å². The van der Waals surface area contributed by atoms with E-state index in [1.807, 2.05) is 5.38 Å². The number of carboxylic acids is 1. The topological polar surface area (TPSA) is 95.9 Å². The number of methoxy groups -OCH3 is 1. The Kier molecular flexibility index (Phi) is 5.57. The molecule has 0 aliphatic carbocycles. The van der Waals surface area contributed by atoms with E-state index in [0.717, 1.165) is 0 Å². The molecule has 1 atom stereocenters. The Morgan fingerprint density at radius 3 is 2.78 bits per heavy atom. The molecule has 1 aromatic carbocycles. The monoisotopic (exact) mass is 388 g/mol. The number of aliphatic carboxylic acids is 1. The van der Waals surface area contributed by atoms with Crippen LogP contribution in [0.3, 0.4) is 0 Å². The molecule has 0 saturated carbocycles. The van der Waals surface area contributed by atoms with Gasteiger partial charge in [-0.3, -0.25) is 14.4 Å². The number of hydrogen-bond donors (Lipinski definition) is 2. The molecule has 2 heterocycles. The van der Waals surface area contributed by atoms with Crippen LogP contribution >= 0.6 is 11.3 Å². The van der Waals surface area contributed by atoms with Crippen molar-refractivity contribution >= 4 is 34.8 Å². The number of amides is 2. The molecule has 1 aliphatic rings. The third-order valence-corrected chi connectivity index (χ3v) is 5.50. The highest BCUT2D eigenvalue weighted by molar-refractivity contribution is 7.12. The van der Waals surface area contributed by atoms with Gasteiger partial charge < -0.3 is 20.1 Å². The summed E-state index contributed by atoms with van der Waals surface area (Å²) in [4.78, 5) is 38.7. The molecule has 1 fully saturated rings. The van der Waals surface area contributed by atoms with Gasteiger partial charge in [-0.15, -0.1) is 11.3 Å². The van der Waals surface area contributed by atoms with E-state index >= 15 is 0 Å². The van der Waals surface area contributed by atoms with Crippen LogP contribution in [0.15, 0.2) is 41.8 Å². The third-order valence-electron chi connectivity index (χ3n) is 4.63. The van der Waals surface area contributed by atoms with Crippen molar-refractivity contribution in [3.63, 3.8) is 0 Å². The van der Waals surface area contributed by atoms with Gasteiger partial charge >= 0.3 is 5.97 Å². The fourth-order valence-corrected chi connectivity index (χ4v) is 3.81. The van der Waals surface area contributed by atoms with Gasteiger partial charge in [-0.05, 0) is 36.1 Å². The third kappa shape index (κ3) is 4.01. The largest absolute Gasteiger partial charge is 0.481 e. The van der Waals surface area contributed by atoms with Crippen molar-refractivity contribution < 1.29 is 24.2 Å². The van der Waals surface area contributed by atoms with Crippen LogP contribution in [-0.4, -0.2) is 54.6 Å². The standard InChI is InChI=1S/C19H20N2O5S/c1-26-12-19(18(24)25)7-8-21(11-19)17(23)13-4-2-5-14(10-13)20-16(22)15-6-3-9-27-15/h2-6,9-10H,7-8,11-12H2,1H3,(H,20,22)(H,24,25). The molecule has 2 aromatic rings. The average molecular weight is 388 g/mol. The van der Waals surface area contributed by atoms with Crippen molar-refractivity contribution in [2.75, 3.05) is 32.1 Å². The molecule has 27 heavy (non-hydrogen) atoms. The van der Waals surface area contributed by atoms with Gasteiger partial charge in [0.2, 0.25) is 0 Å². The van der Waals surface area contributed by atoms with Crippen molar-refractivity contribution in [1.29, 1.82) is 0 Å². The van der Waals surface area contributed by atoms with Crippen LogP contribution in [0.2, 0.25) is 0 Å². The van der Waals surface area contributed by atoms with Crippen LogP contribution < -0.4 is 5.32 Å². The minimum Gasteiger partial charge on any atom is -0.481 e. The molecule has 0 spiro atoms. The molecule has 8 heteroatoms. The number of carbonyl (C=O) groups excluding carboxylic acids is 2. The summed E-state index contributed by atoms with van der Waals surface area (Å²) in [6.45, 7) is 0.504. The fourth-order valence-electron chi connectivity index (χ4n) is 3.19. The molecule has 0 radical (unpaired) electrons. The van der Waals surface area contributed by atoms with E-state index in [2.05, 4.69) is 5.32 Å². The highest BCUT2D eigenvalue weighted by atomic mass is 32.1. The van der Waals surface area contributed by atoms with E-state index in [9.17, 15) is 19.5 Å². The molecule has 1 aliphatic heterocycles. The van der Waals surface area contributed by atoms with Gasteiger partial charge in [-0.1, -0.05) is 12.1 Å². The lowest BCUT2D eigenvalue weighted by atomic mass is 9.88. The van der Waals surface area contributed by atoms with Gasteiger partial charge in [0, 0.05) is 31.5 Å². The van der Waals surface area contributed by atoms with Gasteiger partial charge in [-0.25, -0.2) is 0 Å². The highest BCUT2D eigenvalue weighted by Crippen LogP contribution is 2.32. The normalized spacial score (nSPS) is 19.1. The van der Waals surface area contributed by atoms with Crippen molar-refractivity contribution in [3.8, 4) is 0 Å². The molecular weight excluding hydrogens is 368 g/mol. The van der Waals surface area contributed by atoms with E-state index in [1.165, 1.54) is 23.3 Å². The molecule has 1 aromatic heterocycles. The van der Waals surface area contributed by atoms with Crippen molar-refractivity contribution in [2.45, 2.75) is 6.42 Å². The molecule has 1 saturated heterocycles. The number of rotatable bonds is 6. The molecule has 3 rings (SSSR count). The molecule has 2 amide bonds. The molecule has 1 unspecified atom stereocenters. The number of hydrogen-bond acceptors (Lipinski definition) is 5. The van der Waals surface area contributed by atoms with Crippen LogP contribution in [-0.2, 0) is 9.53 Å². The van der Waals surface area contributed by atoms with E-state index in [4.69, 9.17) is 4.74 Å². The number of benzene rings is 1. The summed E-state index contributed by atoms with van der Waals surface area (Å²) in [6.07, 6.45) is 0.344. The van der Waals surface area contributed by atoms with Gasteiger partial charge in [0.15, 0.2) is 0 Å². The maximum absolute atomic E-state index is 12.8. The first-order valence-electron chi connectivity index (χ1n) is 8.42. The number of likely N-dealkylation sites (tertiary alicyclic amines) is 1. The first-order valence-corrected chi connectivity index (χ1v) is 9.30. The Hall–Kier alpha value is -2.71. The summed E-state index contributed by atoms with van der Waals surface area (Å²) in [6, 6.07) is 10.2. The van der Waals surface area contributed by atoms with Crippen molar-refractivity contribution in [3.05, 3.63) is 52.2 Å². The molecule has 142 valence electrons. The zero-order valence-electron chi connectivity index (χ0n) is 14.8. The molecule has 2 N–H and O–H groups in total. The second-order valence-electron chi connectivity index (χ2n) is 6.51. The minimum absolute atomic E-state index is 0.0586. The quantitative estimate of drug-likeness (QED) is 0.793. The number of anilines is 1. The maximum Gasteiger partial charge on any atom is 0.313 e. The molecule has 7 nitrogen and oxygen atoms in total. The predicted molar refractivity (Wildman–Crippen MR) is 101 cm³/mol. The fraction of sp³-hybridized carbons (Fsp3) is 0.316. The van der Waals surface area contributed by atoms with Crippen LogP contribution in [0.25, 0.3) is 0 Å². The van der Waals surface area contributed by atoms with Gasteiger partial charge in [-0.2, -0.15) is 0 Å². The number of carboxylic acid groups (broad SMARTS) is 1. The molecule has 0 bridgehead atoms. The summed E-state index contributed by atoms with van der Waals surface area (Å²) < 4.78 is 5.06. The van der Waals surface area contributed by atoms with Gasteiger partial charge in [0.05, 0.1) is 11.5 Å². The highest BCUT2D eigenvalue weighted by Gasteiger charge is 2.46.